The quantitative estimate of drug-likeness (QED) is 0.737. The second-order valence-electron chi connectivity index (χ2n) is 8.89. The molecule has 0 aromatic rings. The number of hydrogen-bond acceptors (Lipinski definition) is 1. The average molecular weight is 265 g/mol. The van der Waals surface area contributed by atoms with Crippen LogP contribution in [0.4, 0.5) is 0 Å². The van der Waals surface area contributed by atoms with Crippen molar-refractivity contribution in [3.8, 4) is 0 Å². The van der Waals surface area contributed by atoms with Crippen LogP contribution in [0, 0.1) is 22.7 Å². The molecule has 2 fully saturated rings. The molecule has 2 saturated carbocycles. The second kappa shape index (κ2) is 5.76. The van der Waals surface area contributed by atoms with Crippen molar-refractivity contribution in [3.05, 3.63) is 0 Å². The van der Waals surface area contributed by atoms with E-state index in [2.05, 4.69) is 39.9 Å². The summed E-state index contributed by atoms with van der Waals surface area (Å²) >= 11 is 0. The van der Waals surface area contributed by atoms with E-state index in [0.717, 1.165) is 17.9 Å². The molecular weight excluding hydrogens is 230 g/mol. The number of hydrogen-bond donors (Lipinski definition) is 1. The Morgan fingerprint density at radius 3 is 2.05 bits per heavy atom. The van der Waals surface area contributed by atoms with Gasteiger partial charge >= 0.3 is 0 Å². The van der Waals surface area contributed by atoms with E-state index in [-0.39, 0.29) is 0 Å². The third-order valence-electron chi connectivity index (χ3n) is 5.46. The van der Waals surface area contributed by atoms with E-state index < -0.39 is 0 Å². The van der Waals surface area contributed by atoms with Gasteiger partial charge in [-0.1, -0.05) is 34.6 Å². The van der Waals surface area contributed by atoms with Crippen molar-refractivity contribution in [2.75, 3.05) is 6.54 Å². The zero-order valence-corrected chi connectivity index (χ0v) is 13.9. The van der Waals surface area contributed by atoms with Gasteiger partial charge < -0.3 is 5.32 Å². The van der Waals surface area contributed by atoms with Crippen LogP contribution in [0.15, 0.2) is 0 Å². The Balaban J connectivity index is 1.91. The minimum atomic E-state index is 0.508. The summed E-state index contributed by atoms with van der Waals surface area (Å²) in [7, 11) is 0. The maximum Gasteiger partial charge on any atom is 0.00684 e. The van der Waals surface area contributed by atoms with Crippen LogP contribution in [-0.4, -0.2) is 12.6 Å². The topological polar surface area (TPSA) is 12.0 Å². The summed E-state index contributed by atoms with van der Waals surface area (Å²) in [6, 6.07) is 0.865. The third-order valence-corrected chi connectivity index (χ3v) is 5.46. The van der Waals surface area contributed by atoms with Gasteiger partial charge in [0.2, 0.25) is 0 Å². The lowest BCUT2D eigenvalue weighted by Crippen LogP contribution is -2.41. The SMILES string of the molecule is CC(C)CC1(CNC2CC2)CCC(C(C)(C)C)CC1. The van der Waals surface area contributed by atoms with Crippen LogP contribution >= 0.6 is 0 Å². The van der Waals surface area contributed by atoms with Crippen molar-refractivity contribution in [3.63, 3.8) is 0 Å². The maximum absolute atomic E-state index is 3.83. The Morgan fingerprint density at radius 1 is 1.05 bits per heavy atom. The third kappa shape index (κ3) is 4.48. The minimum Gasteiger partial charge on any atom is -0.313 e. The van der Waals surface area contributed by atoms with E-state index in [4.69, 9.17) is 0 Å². The van der Waals surface area contributed by atoms with Gasteiger partial charge in [0, 0.05) is 12.6 Å². The summed E-state index contributed by atoms with van der Waals surface area (Å²) in [4.78, 5) is 0. The zero-order chi connectivity index (χ0) is 14.1. The Labute approximate surface area is 120 Å². The van der Waals surface area contributed by atoms with E-state index >= 15 is 0 Å². The van der Waals surface area contributed by atoms with Gasteiger partial charge in [0.05, 0.1) is 0 Å². The van der Waals surface area contributed by atoms with Gasteiger partial charge in [0.25, 0.3) is 0 Å². The van der Waals surface area contributed by atoms with Crippen molar-refractivity contribution in [2.24, 2.45) is 22.7 Å². The lowest BCUT2D eigenvalue weighted by atomic mass is 9.62. The number of nitrogens with one attached hydrogen (secondary N) is 1. The van der Waals surface area contributed by atoms with Crippen molar-refractivity contribution in [2.45, 2.75) is 85.6 Å². The van der Waals surface area contributed by atoms with Gasteiger partial charge in [0.15, 0.2) is 0 Å². The van der Waals surface area contributed by atoms with Crippen LogP contribution in [0.5, 0.6) is 0 Å². The highest BCUT2D eigenvalue weighted by molar-refractivity contribution is 4.93. The molecule has 0 heterocycles. The van der Waals surface area contributed by atoms with Crippen LogP contribution in [0.3, 0.4) is 0 Å². The zero-order valence-electron chi connectivity index (χ0n) is 13.9. The smallest absolute Gasteiger partial charge is 0.00684 e. The van der Waals surface area contributed by atoms with Crippen molar-refractivity contribution in [1.29, 1.82) is 0 Å². The first kappa shape index (κ1) is 15.4. The van der Waals surface area contributed by atoms with Crippen molar-refractivity contribution >= 4 is 0 Å². The highest BCUT2D eigenvalue weighted by Gasteiger charge is 2.39. The average Bonchev–Trinajstić information content (AvgIpc) is 3.08. The molecule has 1 nitrogen and oxygen atoms in total. The molecule has 0 aromatic heterocycles. The van der Waals surface area contributed by atoms with E-state index in [0.29, 0.717) is 10.8 Å². The summed E-state index contributed by atoms with van der Waals surface area (Å²) in [5.74, 6) is 1.78. The molecule has 0 aromatic carbocycles. The highest BCUT2D eigenvalue weighted by Crippen LogP contribution is 2.48. The minimum absolute atomic E-state index is 0.508. The summed E-state index contributed by atoms with van der Waals surface area (Å²) in [5.41, 5.74) is 1.12. The Bertz CT molecular complexity index is 275. The van der Waals surface area contributed by atoms with Crippen LogP contribution < -0.4 is 5.32 Å². The normalized spacial score (nSPS) is 32.8. The van der Waals surface area contributed by atoms with E-state index in [9.17, 15) is 0 Å². The molecule has 2 aliphatic carbocycles. The monoisotopic (exact) mass is 265 g/mol. The molecular formula is C18H35N. The lowest BCUT2D eigenvalue weighted by molar-refractivity contribution is 0.0698. The lowest BCUT2D eigenvalue weighted by Gasteiger charge is -2.45. The van der Waals surface area contributed by atoms with E-state index in [1.54, 1.807) is 0 Å². The first-order chi connectivity index (χ1) is 8.81. The Hall–Kier alpha value is -0.0400. The molecule has 0 spiro atoms. The van der Waals surface area contributed by atoms with Gasteiger partial charge in [-0.05, 0) is 67.6 Å². The van der Waals surface area contributed by atoms with Crippen LogP contribution in [0.1, 0.15) is 79.6 Å². The van der Waals surface area contributed by atoms with Crippen LogP contribution in [-0.2, 0) is 0 Å². The molecule has 1 N–H and O–H groups in total. The molecule has 2 aliphatic rings. The van der Waals surface area contributed by atoms with Gasteiger partial charge in [-0.15, -0.1) is 0 Å². The fourth-order valence-electron chi connectivity index (χ4n) is 4.06. The summed E-state index contributed by atoms with van der Waals surface area (Å²) in [5, 5.41) is 3.83. The predicted octanol–water partition coefficient (Wildman–Crippen LogP) is 5.01. The molecule has 0 radical (unpaired) electrons. The molecule has 0 amide bonds. The highest BCUT2D eigenvalue weighted by atomic mass is 15.0. The van der Waals surface area contributed by atoms with Gasteiger partial charge in [-0.2, -0.15) is 0 Å². The second-order valence-corrected chi connectivity index (χ2v) is 8.89. The maximum atomic E-state index is 3.83. The van der Waals surface area contributed by atoms with Gasteiger partial charge in [0.1, 0.15) is 0 Å². The van der Waals surface area contributed by atoms with Crippen molar-refractivity contribution < 1.29 is 0 Å². The van der Waals surface area contributed by atoms with E-state index in [1.807, 2.05) is 0 Å². The fourth-order valence-corrected chi connectivity index (χ4v) is 4.06. The first-order valence-electron chi connectivity index (χ1n) is 8.54. The molecule has 0 saturated heterocycles. The summed E-state index contributed by atoms with van der Waals surface area (Å²) < 4.78 is 0. The van der Waals surface area contributed by atoms with Crippen LogP contribution in [0.25, 0.3) is 0 Å². The van der Waals surface area contributed by atoms with Gasteiger partial charge in [-0.25, -0.2) is 0 Å². The fraction of sp³-hybridized carbons (Fsp3) is 1.00. The Kier molecular flexibility index (Phi) is 4.65. The molecule has 1 heteroatoms. The van der Waals surface area contributed by atoms with Crippen LogP contribution in [0.2, 0.25) is 0 Å². The molecule has 0 unspecified atom stereocenters. The van der Waals surface area contributed by atoms with Crippen molar-refractivity contribution in [1.82, 2.24) is 5.32 Å². The molecule has 19 heavy (non-hydrogen) atoms. The molecule has 112 valence electrons. The number of rotatable bonds is 5. The Morgan fingerprint density at radius 2 is 1.63 bits per heavy atom. The molecule has 0 atom stereocenters. The van der Waals surface area contributed by atoms with E-state index in [1.165, 1.54) is 51.5 Å². The molecule has 2 rings (SSSR count). The summed E-state index contributed by atoms with van der Waals surface area (Å²) in [6.45, 7) is 13.4. The summed E-state index contributed by atoms with van der Waals surface area (Å²) in [6.07, 6.45) is 10.1. The molecule has 0 aliphatic heterocycles. The standard InChI is InChI=1S/C18H35N/c1-14(2)12-18(13-19-16-6-7-16)10-8-15(9-11-18)17(3,4)5/h14-16,19H,6-13H2,1-5H3. The first-order valence-corrected chi connectivity index (χ1v) is 8.54. The largest absolute Gasteiger partial charge is 0.313 e. The molecule has 0 bridgehead atoms. The van der Waals surface area contributed by atoms with Gasteiger partial charge in [-0.3, -0.25) is 0 Å². The predicted molar refractivity (Wildman–Crippen MR) is 84.3 cm³/mol.